The summed E-state index contributed by atoms with van der Waals surface area (Å²) in [5, 5.41) is 6.66. The van der Waals surface area contributed by atoms with Crippen LogP contribution in [0, 0.1) is 0 Å². The quantitative estimate of drug-likeness (QED) is 0.380. The third-order valence-corrected chi connectivity index (χ3v) is 6.15. The van der Waals surface area contributed by atoms with E-state index in [1.165, 1.54) is 21.3 Å². The van der Waals surface area contributed by atoms with E-state index in [-0.39, 0.29) is 12.5 Å². The van der Waals surface area contributed by atoms with E-state index in [0.29, 0.717) is 45.7 Å². The van der Waals surface area contributed by atoms with Crippen molar-refractivity contribution in [3.05, 3.63) is 58.8 Å². The van der Waals surface area contributed by atoms with Gasteiger partial charge in [-0.2, -0.15) is 0 Å². The van der Waals surface area contributed by atoms with E-state index in [9.17, 15) is 9.59 Å². The summed E-state index contributed by atoms with van der Waals surface area (Å²) in [5.74, 6) is 0.354. The first kappa shape index (κ1) is 26.8. The van der Waals surface area contributed by atoms with Crippen LogP contribution >= 0.6 is 12.2 Å². The fraction of sp³-hybridized carbons (Fsp3) is 0.346. The van der Waals surface area contributed by atoms with Gasteiger partial charge < -0.3 is 34.5 Å². The van der Waals surface area contributed by atoms with E-state index >= 15 is 0 Å². The van der Waals surface area contributed by atoms with Crippen LogP contribution in [0.1, 0.15) is 42.7 Å². The van der Waals surface area contributed by atoms with Gasteiger partial charge >= 0.3 is 5.97 Å². The van der Waals surface area contributed by atoms with Crippen LogP contribution in [-0.4, -0.2) is 56.4 Å². The van der Waals surface area contributed by atoms with Gasteiger partial charge in [0.2, 0.25) is 5.75 Å². The lowest BCUT2D eigenvalue weighted by Crippen LogP contribution is -2.47. The maximum Gasteiger partial charge on any atom is 0.338 e. The minimum Gasteiger partial charge on any atom is -0.493 e. The number of ether oxygens (including phenoxy) is 4. The zero-order valence-electron chi connectivity index (χ0n) is 21.3. The Bertz CT molecular complexity index is 1170. The Morgan fingerprint density at radius 3 is 2.28 bits per heavy atom. The zero-order chi connectivity index (χ0) is 26.4. The molecule has 0 radical (unpaired) electrons. The Hall–Kier alpha value is -3.79. The van der Waals surface area contributed by atoms with Crippen LogP contribution in [-0.2, 0) is 9.53 Å². The topological polar surface area (TPSA) is 98.4 Å². The van der Waals surface area contributed by atoms with Crippen molar-refractivity contribution in [3.63, 3.8) is 0 Å². The predicted octanol–water partition coefficient (Wildman–Crippen LogP) is 4.05. The minimum absolute atomic E-state index is 0.254. The molecule has 1 amide bonds. The van der Waals surface area contributed by atoms with Crippen molar-refractivity contribution in [1.29, 1.82) is 0 Å². The maximum absolute atomic E-state index is 13.1. The number of nitrogens with one attached hydrogen (secondary N) is 2. The second-order valence-electron chi connectivity index (χ2n) is 7.84. The number of hydrogen-bond acceptors (Lipinski definition) is 7. The van der Waals surface area contributed by atoms with Crippen LogP contribution in [0.25, 0.3) is 0 Å². The maximum atomic E-state index is 13.1. The number of hydrogen-bond donors (Lipinski definition) is 2. The molecule has 0 saturated carbocycles. The van der Waals surface area contributed by atoms with Crippen molar-refractivity contribution in [2.24, 2.45) is 0 Å². The van der Waals surface area contributed by atoms with Crippen LogP contribution in [0.5, 0.6) is 17.2 Å². The molecule has 2 aromatic carbocycles. The SMILES string of the molecule is CCOC(=O)C1=C(C)N(CC)C(=S)NC1c1cccc(NC(=O)c2cc(OC)c(OC)c(OC)c2)c1. The van der Waals surface area contributed by atoms with Crippen LogP contribution < -0.4 is 24.8 Å². The summed E-state index contributed by atoms with van der Waals surface area (Å²) in [5.41, 5.74) is 2.82. The number of methoxy groups -OCH3 is 3. The molecule has 1 unspecified atom stereocenters. The van der Waals surface area contributed by atoms with E-state index in [4.69, 9.17) is 31.2 Å². The van der Waals surface area contributed by atoms with Gasteiger partial charge in [0.15, 0.2) is 16.6 Å². The van der Waals surface area contributed by atoms with Crippen molar-refractivity contribution in [2.75, 3.05) is 39.8 Å². The number of allylic oxidation sites excluding steroid dienone is 1. The molecule has 0 fully saturated rings. The van der Waals surface area contributed by atoms with E-state index in [2.05, 4.69) is 10.6 Å². The van der Waals surface area contributed by atoms with Gasteiger partial charge in [-0.25, -0.2) is 4.79 Å². The van der Waals surface area contributed by atoms with E-state index < -0.39 is 12.0 Å². The van der Waals surface area contributed by atoms with Gasteiger partial charge in [0.05, 0.1) is 39.6 Å². The normalized spacial score (nSPS) is 15.2. The number of carbonyl (C=O) groups is 2. The molecule has 1 heterocycles. The molecule has 192 valence electrons. The number of esters is 1. The van der Waals surface area contributed by atoms with Crippen molar-refractivity contribution in [2.45, 2.75) is 26.8 Å². The van der Waals surface area contributed by atoms with Gasteiger partial charge in [0, 0.05) is 23.5 Å². The average molecular weight is 514 g/mol. The molecule has 10 heteroatoms. The van der Waals surface area contributed by atoms with Crippen molar-refractivity contribution in [3.8, 4) is 17.2 Å². The molecule has 9 nitrogen and oxygen atoms in total. The standard InChI is InChI=1S/C26H31N3O6S/c1-7-29-15(3)21(25(31)35-8-2)22(28-26(29)36)16-10-9-11-18(12-16)27-24(30)17-13-19(32-4)23(34-6)20(14-17)33-5/h9-14,22H,7-8H2,1-6H3,(H,27,30)(H,28,36). The molecule has 1 aliphatic rings. The lowest BCUT2D eigenvalue weighted by Gasteiger charge is -2.37. The Kier molecular flexibility index (Phi) is 8.76. The second-order valence-corrected chi connectivity index (χ2v) is 8.23. The molecule has 0 aromatic heterocycles. The first-order chi connectivity index (χ1) is 17.3. The molecular formula is C26H31N3O6S. The highest BCUT2D eigenvalue weighted by Crippen LogP contribution is 2.38. The largest absolute Gasteiger partial charge is 0.493 e. The molecule has 3 rings (SSSR count). The number of thiocarbonyl (C=S) groups is 1. The molecule has 1 aliphatic heterocycles. The van der Waals surface area contributed by atoms with Gasteiger partial charge in [0.25, 0.3) is 5.91 Å². The number of anilines is 1. The summed E-state index contributed by atoms with van der Waals surface area (Å²) in [7, 11) is 4.47. The Morgan fingerprint density at radius 1 is 1.06 bits per heavy atom. The fourth-order valence-corrected chi connectivity index (χ4v) is 4.48. The molecule has 0 bridgehead atoms. The first-order valence-electron chi connectivity index (χ1n) is 11.5. The molecular weight excluding hydrogens is 482 g/mol. The Labute approximate surface area is 216 Å². The lowest BCUT2D eigenvalue weighted by molar-refractivity contribution is -0.139. The summed E-state index contributed by atoms with van der Waals surface area (Å²) in [6.45, 7) is 6.44. The fourth-order valence-electron chi connectivity index (χ4n) is 4.10. The number of amides is 1. The number of benzene rings is 2. The predicted molar refractivity (Wildman–Crippen MR) is 141 cm³/mol. The Balaban J connectivity index is 1.95. The van der Waals surface area contributed by atoms with Crippen LogP contribution in [0.3, 0.4) is 0 Å². The second kappa shape index (κ2) is 11.8. The van der Waals surface area contributed by atoms with Crippen LogP contribution in [0.15, 0.2) is 47.7 Å². The minimum atomic E-state index is -0.530. The van der Waals surface area contributed by atoms with E-state index in [1.807, 2.05) is 24.8 Å². The summed E-state index contributed by atoms with van der Waals surface area (Å²) in [6, 6.07) is 9.85. The third-order valence-electron chi connectivity index (χ3n) is 5.81. The number of rotatable bonds is 9. The van der Waals surface area contributed by atoms with Gasteiger partial charge in [-0.15, -0.1) is 0 Å². The molecule has 1 atom stereocenters. The highest BCUT2D eigenvalue weighted by atomic mass is 32.1. The smallest absolute Gasteiger partial charge is 0.338 e. The molecule has 36 heavy (non-hydrogen) atoms. The van der Waals surface area contributed by atoms with Crippen LogP contribution in [0.4, 0.5) is 5.69 Å². The zero-order valence-corrected chi connectivity index (χ0v) is 22.1. The summed E-state index contributed by atoms with van der Waals surface area (Å²) in [4.78, 5) is 27.8. The van der Waals surface area contributed by atoms with Gasteiger partial charge in [-0.1, -0.05) is 12.1 Å². The number of carbonyl (C=O) groups excluding carboxylic acids is 2. The summed E-state index contributed by atoms with van der Waals surface area (Å²) >= 11 is 5.54. The van der Waals surface area contributed by atoms with Crippen molar-refractivity contribution in [1.82, 2.24) is 10.2 Å². The first-order valence-corrected chi connectivity index (χ1v) is 11.9. The van der Waals surface area contributed by atoms with Crippen LogP contribution in [0.2, 0.25) is 0 Å². The van der Waals surface area contributed by atoms with E-state index in [1.54, 1.807) is 37.3 Å². The average Bonchev–Trinajstić information content (AvgIpc) is 2.87. The highest BCUT2D eigenvalue weighted by molar-refractivity contribution is 7.80. The molecule has 0 saturated heterocycles. The third kappa shape index (κ3) is 5.38. The van der Waals surface area contributed by atoms with Gasteiger partial charge in [-0.05, 0) is 62.8 Å². The van der Waals surface area contributed by atoms with Crippen molar-refractivity contribution >= 4 is 34.9 Å². The molecule has 0 aliphatic carbocycles. The molecule has 2 N–H and O–H groups in total. The Morgan fingerprint density at radius 2 is 1.72 bits per heavy atom. The lowest BCUT2D eigenvalue weighted by atomic mass is 9.94. The van der Waals surface area contributed by atoms with Crippen molar-refractivity contribution < 1.29 is 28.5 Å². The van der Waals surface area contributed by atoms with E-state index in [0.717, 1.165) is 11.3 Å². The highest BCUT2D eigenvalue weighted by Gasteiger charge is 2.34. The number of nitrogens with zero attached hydrogens (tertiary/aromatic N) is 1. The van der Waals surface area contributed by atoms with Gasteiger partial charge in [-0.3, -0.25) is 4.79 Å². The van der Waals surface area contributed by atoms with Gasteiger partial charge in [0.1, 0.15) is 0 Å². The molecule has 2 aromatic rings. The molecule has 0 spiro atoms. The summed E-state index contributed by atoms with van der Waals surface area (Å²) < 4.78 is 21.4. The monoisotopic (exact) mass is 513 g/mol. The summed E-state index contributed by atoms with van der Waals surface area (Å²) in [6.07, 6.45) is 0.